The standard InChI is InChI=1S/C16H26N2O/c1-5-13-7-9-14(10-8-13)16(6-2,15(17)19)18-11-12(3)4/h7-10,12,18H,5-6,11H2,1-4H3,(H2,17,19). The molecule has 0 bridgehead atoms. The molecule has 0 aliphatic heterocycles. The van der Waals surface area contributed by atoms with Crippen LogP contribution in [0.4, 0.5) is 0 Å². The number of hydrogen-bond acceptors (Lipinski definition) is 2. The first-order valence-corrected chi connectivity index (χ1v) is 7.10. The Morgan fingerprint density at radius 1 is 1.26 bits per heavy atom. The summed E-state index contributed by atoms with van der Waals surface area (Å²) < 4.78 is 0. The highest BCUT2D eigenvalue weighted by Gasteiger charge is 2.36. The van der Waals surface area contributed by atoms with Crippen LogP contribution in [-0.2, 0) is 16.8 Å². The first kappa shape index (κ1) is 15.7. The van der Waals surface area contributed by atoms with Gasteiger partial charge in [-0.1, -0.05) is 52.0 Å². The first-order valence-electron chi connectivity index (χ1n) is 7.10. The van der Waals surface area contributed by atoms with Crippen LogP contribution in [0, 0.1) is 5.92 Å². The zero-order chi connectivity index (χ0) is 14.5. The van der Waals surface area contributed by atoms with Crippen molar-refractivity contribution in [1.82, 2.24) is 5.32 Å². The lowest BCUT2D eigenvalue weighted by Crippen LogP contribution is -2.53. The molecule has 1 aromatic rings. The van der Waals surface area contributed by atoms with E-state index in [1.54, 1.807) is 0 Å². The SMILES string of the molecule is CCc1ccc(C(CC)(NCC(C)C)C(N)=O)cc1. The molecule has 0 saturated carbocycles. The van der Waals surface area contributed by atoms with E-state index in [-0.39, 0.29) is 5.91 Å². The lowest BCUT2D eigenvalue weighted by atomic mass is 9.85. The van der Waals surface area contributed by atoms with E-state index in [1.807, 2.05) is 19.1 Å². The normalized spacial score (nSPS) is 14.4. The Morgan fingerprint density at radius 3 is 2.21 bits per heavy atom. The summed E-state index contributed by atoms with van der Waals surface area (Å²) in [7, 11) is 0. The van der Waals surface area contributed by atoms with Crippen molar-refractivity contribution in [2.75, 3.05) is 6.54 Å². The predicted molar refractivity (Wildman–Crippen MR) is 79.8 cm³/mol. The van der Waals surface area contributed by atoms with Gasteiger partial charge in [-0.15, -0.1) is 0 Å². The van der Waals surface area contributed by atoms with Gasteiger partial charge in [0.15, 0.2) is 0 Å². The number of benzene rings is 1. The zero-order valence-electron chi connectivity index (χ0n) is 12.5. The van der Waals surface area contributed by atoms with Crippen molar-refractivity contribution >= 4 is 5.91 Å². The van der Waals surface area contributed by atoms with Gasteiger partial charge in [-0.3, -0.25) is 10.1 Å². The summed E-state index contributed by atoms with van der Waals surface area (Å²) in [6.45, 7) is 9.12. The lowest BCUT2D eigenvalue weighted by molar-refractivity contribution is -0.125. The predicted octanol–water partition coefficient (Wildman–Crippen LogP) is 2.59. The van der Waals surface area contributed by atoms with Crippen LogP contribution < -0.4 is 11.1 Å². The van der Waals surface area contributed by atoms with Gasteiger partial charge < -0.3 is 5.73 Å². The van der Waals surface area contributed by atoms with Crippen LogP contribution in [0.25, 0.3) is 0 Å². The van der Waals surface area contributed by atoms with Crippen LogP contribution in [-0.4, -0.2) is 12.5 Å². The van der Waals surface area contributed by atoms with E-state index in [0.717, 1.165) is 18.5 Å². The zero-order valence-corrected chi connectivity index (χ0v) is 12.5. The molecule has 1 amide bonds. The van der Waals surface area contributed by atoms with E-state index in [4.69, 9.17) is 5.73 Å². The van der Waals surface area contributed by atoms with Crippen LogP contribution in [0.15, 0.2) is 24.3 Å². The number of aryl methyl sites for hydroxylation is 1. The molecule has 0 spiro atoms. The van der Waals surface area contributed by atoms with Crippen LogP contribution in [0.3, 0.4) is 0 Å². The monoisotopic (exact) mass is 262 g/mol. The largest absolute Gasteiger partial charge is 0.368 e. The fourth-order valence-electron chi connectivity index (χ4n) is 2.24. The topological polar surface area (TPSA) is 55.1 Å². The number of carbonyl (C=O) groups is 1. The van der Waals surface area contributed by atoms with Gasteiger partial charge in [0.05, 0.1) is 0 Å². The summed E-state index contributed by atoms with van der Waals surface area (Å²) >= 11 is 0. The molecule has 0 aliphatic rings. The number of amides is 1. The van der Waals surface area contributed by atoms with Crippen LogP contribution >= 0.6 is 0 Å². The van der Waals surface area contributed by atoms with Gasteiger partial charge in [0.2, 0.25) is 5.91 Å². The van der Waals surface area contributed by atoms with E-state index >= 15 is 0 Å². The summed E-state index contributed by atoms with van der Waals surface area (Å²) in [5, 5.41) is 3.36. The van der Waals surface area contributed by atoms with Crippen molar-refractivity contribution in [3.8, 4) is 0 Å². The average molecular weight is 262 g/mol. The maximum Gasteiger partial charge on any atom is 0.242 e. The third kappa shape index (κ3) is 3.57. The van der Waals surface area contributed by atoms with Crippen LogP contribution in [0.5, 0.6) is 0 Å². The Labute approximate surface area is 116 Å². The highest BCUT2D eigenvalue weighted by molar-refractivity contribution is 5.86. The second kappa shape index (κ2) is 6.71. The van der Waals surface area contributed by atoms with Gasteiger partial charge in [0.25, 0.3) is 0 Å². The smallest absolute Gasteiger partial charge is 0.242 e. The Hall–Kier alpha value is -1.35. The number of hydrogen-bond donors (Lipinski definition) is 2. The van der Waals surface area contributed by atoms with Crippen molar-refractivity contribution < 1.29 is 4.79 Å². The highest BCUT2D eigenvalue weighted by atomic mass is 16.1. The van der Waals surface area contributed by atoms with Crippen molar-refractivity contribution in [1.29, 1.82) is 0 Å². The maximum absolute atomic E-state index is 12.0. The molecule has 0 saturated heterocycles. The molecule has 106 valence electrons. The molecule has 1 aromatic carbocycles. The average Bonchev–Trinajstić information content (AvgIpc) is 2.40. The molecule has 1 unspecified atom stereocenters. The second-order valence-electron chi connectivity index (χ2n) is 5.45. The molecule has 0 radical (unpaired) electrons. The van der Waals surface area contributed by atoms with Crippen molar-refractivity contribution in [2.45, 2.75) is 46.1 Å². The van der Waals surface area contributed by atoms with E-state index in [1.165, 1.54) is 5.56 Å². The van der Waals surface area contributed by atoms with Crippen molar-refractivity contribution in [2.24, 2.45) is 11.7 Å². The van der Waals surface area contributed by atoms with Gasteiger partial charge in [-0.25, -0.2) is 0 Å². The van der Waals surface area contributed by atoms with Crippen LogP contribution in [0.1, 0.15) is 45.2 Å². The van der Waals surface area contributed by atoms with E-state index in [2.05, 4.69) is 38.2 Å². The maximum atomic E-state index is 12.0. The minimum Gasteiger partial charge on any atom is -0.368 e. The highest BCUT2D eigenvalue weighted by Crippen LogP contribution is 2.25. The second-order valence-corrected chi connectivity index (χ2v) is 5.45. The Morgan fingerprint density at radius 2 is 1.84 bits per heavy atom. The Kier molecular flexibility index (Phi) is 5.55. The number of nitrogens with one attached hydrogen (secondary N) is 1. The molecule has 0 fully saturated rings. The molecule has 3 nitrogen and oxygen atoms in total. The Bertz CT molecular complexity index is 411. The summed E-state index contributed by atoms with van der Waals surface area (Å²) in [6, 6.07) is 8.17. The first-order chi connectivity index (χ1) is 8.96. The minimum absolute atomic E-state index is 0.306. The Balaban J connectivity index is 3.09. The third-order valence-corrected chi connectivity index (χ3v) is 3.62. The summed E-state index contributed by atoms with van der Waals surface area (Å²) in [5.74, 6) is 0.167. The molecule has 1 atom stereocenters. The van der Waals surface area contributed by atoms with E-state index in [9.17, 15) is 4.79 Å². The minimum atomic E-state index is -0.753. The molecule has 0 aromatic heterocycles. The quantitative estimate of drug-likeness (QED) is 0.793. The van der Waals surface area contributed by atoms with Crippen molar-refractivity contribution in [3.05, 3.63) is 35.4 Å². The molecule has 0 aliphatic carbocycles. The molecule has 3 N–H and O–H groups in total. The van der Waals surface area contributed by atoms with Gasteiger partial charge in [-0.2, -0.15) is 0 Å². The van der Waals surface area contributed by atoms with Crippen LogP contribution in [0.2, 0.25) is 0 Å². The van der Waals surface area contributed by atoms with E-state index < -0.39 is 5.54 Å². The van der Waals surface area contributed by atoms with Gasteiger partial charge in [0, 0.05) is 0 Å². The molecular weight excluding hydrogens is 236 g/mol. The van der Waals surface area contributed by atoms with Crippen molar-refractivity contribution in [3.63, 3.8) is 0 Å². The number of carbonyl (C=O) groups excluding carboxylic acids is 1. The summed E-state index contributed by atoms with van der Waals surface area (Å²) in [6.07, 6.45) is 1.65. The lowest BCUT2D eigenvalue weighted by Gasteiger charge is -2.32. The molecule has 0 heterocycles. The molecule has 19 heavy (non-hydrogen) atoms. The summed E-state index contributed by atoms with van der Waals surface area (Å²) in [5.41, 5.74) is 7.14. The molecule has 1 rings (SSSR count). The fraction of sp³-hybridized carbons (Fsp3) is 0.562. The summed E-state index contributed by atoms with van der Waals surface area (Å²) in [4.78, 5) is 12.0. The number of nitrogens with two attached hydrogens (primary N) is 1. The molecular formula is C16H26N2O. The van der Waals surface area contributed by atoms with Gasteiger partial charge in [-0.05, 0) is 36.4 Å². The number of rotatable bonds is 7. The molecule has 3 heteroatoms. The van der Waals surface area contributed by atoms with E-state index in [0.29, 0.717) is 12.3 Å². The van der Waals surface area contributed by atoms with Gasteiger partial charge in [0.1, 0.15) is 5.54 Å². The van der Waals surface area contributed by atoms with Gasteiger partial charge >= 0.3 is 0 Å². The number of primary amides is 1. The third-order valence-electron chi connectivity index (χ3n) is 3.62. The fourth-order valence-corrected chi connectivity index (χ4v) is 2.24.